The zero-order valence-electron chi connectivity index (χ0n) is 10.6. The van der Waals surface area contributed by atoms with Crippen LogP contribution < -0.4 is 0 Å². The van der Waals surface area contributed by atoms with Gasteiger partial charge in [-0.15, -0.1) is 0 Å². The number of hydrogen-bond acceptors (Lipinski definition) is 3. The van der Waals surface area contributed by atoms with E-state index in [4.69, 9.17) is 4.74 Å². The van der Waals surface area contributed by atoms with Crippen LogP contribution >= 0.6 is 0 Å². The van der Waals surface area contributed by atoms with E-state index >= 15 is 0 Å². The molecule has 4 heteroatoms. The molecule has 2 aliphatic rings. The van der Waals surface area contributed by atoms with Crippen LogP contribution in [0.4, 0.5) is 0 Å². The van der Waals surface area contributed by atoms with Gasteiger partial charge in [-0.2, -0.15) is 0 Å². The molecule has 0 spiro atoms. The highest BCUT2D eigenvalue weighted by molar-refractivity contribution is 5.83. The second kappa shape index (κ2) is 4.00. The zero-order valence-corrected chi connectivity index (χ0v) is 10.6. The molecule has 0 radical (unpaired) electrons. The average molecular weight is 240 g/mol. The minimum atomic E-state index is -0.844. The van der Waals surface area contributed by atoms with Crippen molar-refractivity contribution in [2.24, 2.45) is 29.1 Å². The van der Waals surface area contributed by atoms with Crippen molar-refractivity contribution in [1.29, 1.82) is 0 Å². The average Bonchev–Trinajstić information content (AvgIpc) is 2.65. The second-order valence-corrected chi connectivity index (χ2v) is 5.75. The molecule has 17 heavy (non-hydrogen) atoms. The number of hydrogen-bond donors (Lipinski definition) is 1. The van der Waals surface area contributed by atoms with Gasteiger partial charge in [0.25, 0.3) is 0 Å². The first-order valence-electron chi connectivity index (χ1n) is 6.30. The lowest BCUT2D eigenvalue weighted by Gasteiger charge is -2.26. The highest BCUT2D eigenvalue weighted by Gasteiger charge is 2.63. The van der Waals surface area contributed by atoms with Crippen LogP contribution in [0.15, 0.2) is 0 Å². The topological polar surface area (TPSA) is 63.6 Å². The SMILES string of the molecule is CCOC(=O)C1C(C(=O)O)C2CCC1C2(C)C. The van der Waals surface area contributed by atoms with Gasteiger partial charge in [0, 0.05) is 0 Å². The molecule has 0 amide bonds. The number of carbonyl (C=O) groups excluding carboxylic acids is 1. The fourth-order valence-corrected chi connectivity index (χ4v) is 4.04. The fourth-order valence-electron chi connectivity index (χ4n) is 4.04. The van der Waals surface area contributed by atoms with Crippen LogP contribution in [0.3, 0.4) is 0 Å². The van der Waals surface area contributed by atoms with E-state index in [0.717, 1.165) is 12.8 Å². The van der Waals surface area contributed by atoms with E-state index in [2.05, 4.69) is 13.8 Å². The van der Waals surface area contributed by atoms with E-state index in [1.54, 1.807) is 6.92 Å². The summed E-state index contributed by atoms with van der Waals surface area (Å²) in [7, 11) is 0. The third-order valence-corrected chi connectivity index (χ3v) is 4.80. The second-order valence-electron chi connectivity index (χ2n) is 5.75. The fraction of sp³-hybridized carbons (Fsp3) is 0.846. The van der Waals surface area contributed by atoms with Gasteiger partial charge in [0.05, 0.1) is 18.4 Å². The Bertz CT molecular complexity index is 347. The number of carboxylic acid groups (broad SMARTS) is 1. The van der Waals surface area contributed by atoms with Crippen molar-refractivity contribution < 1.29 is 19.4 Å². The van der Waals surface area contributed by atoms with Gasteiger partial charge >= 0.3 is 11.9 Å². The molecular formula is C13H20O4. The third kappa shape index (κ3) is 1.65. The lowest BCUT2D eigenvalue weighted by atomic mass is 9.79. The molecule has 0 heterocycles. The Labute approximate surface area is 101 Å². The molecule has 4 nitrogen and oxygen atoms in total. The van der Waals surface area contributed by atoms with Gasteiger partial charge in [-0.1, -0.05) is 13.8 Å². The summed E-state index contributed by atoms with van der Waals surface area (Å²) in [5.41, 5.74) is -0.0551. The number of carboxylic acids is 1. The van der Waals surface area contributed by atoms with Crippen LogP contribution in [0, 0.1) is 29.1 Å². The van der Waals surface area contributed by atoms with Gasteiger partial charge in [-0.05, 0) is 37.0 Å². The molecule has 2 fully saturated rings. The summed E-state index contributed by atoms with van der Waals surface area (Å²) in [4.78, 5) is 23.3. The van der Waals surface area contributed by atoms with E-state index in [1.165, 1.54) is 0 Å². The lowest BCUT2D eigenvalue weighted by molar-refractivity contribution is -0.160. The largest absolute Gasteiger partial charge is 0.481 e. The molecule has 0 saturated heterocycles. The third-order valence-electron chi connectivity index (χ3n) is 4.80. The van der Waals surface area contributed by atoms with Gasteiger partial charge in [0.15, 0.2) is 0 Å². The first-order valence-corrected chi connectivity index (χ1v) is 6.30. The minimum Gasteiger partial charge on any atom is -0.481 e. The van der Waals surface area contributed by atoms with E-state index in [9.17, 15) is 14.7 Å². The molecule has 2 aliphatic carbocycles. The molecule has 0 aliphatic heterocycles. The number of aliphatic carboxylic acids is 1. The van der Waals surface area contributed by atoms with Crippen molar-refractivity contribution in [1.82, 2.24) is 0 Å². The number of fused-ring (bicyclic) bond motifs is 2. The molecular weight excluding hydrogens is 220 g/mol. The predicted octanol–water partition coefficient (Wildman–Crippen LogP) is 1.93. The van der Waals surface area contributed by atoms with Crippen LogP contribution in [0.25, 0.3) is 0 Å². The summed E-state index contributed by atoms with van der Waals surface area (Å²) in [6.07, 6.45) is 1.87. The molecule has 4 atom stereocenters. The first-order chi connectivity index (χ1) is 7.91. The Morgan fingerprint density at radius 3 is 2.24 bits per heavy atom. The molecule has 4 unspecified atom stereocenters. The van der Waals surface area contributed by atoms with Crippen LogP contribution in [0.5, 0.6) is 0 Å². The van der Waals surface area contributed by atoms with Crippen molar-refractivity contribution in [2.75, 3.05) is 6.61 Å². The summed E-state index contributed by atoms with van der Waals surface area (Å²) >= 11 is 0. The predicted molar refractivity (Wildman–Crippen MR) is 61.2 cm³/mol. The molecule has 0 aromatic carbocycles. The molecule has 0 aromatic heterocycles. The van der Waals surface area contributed by atoms with Gasteiger partial charge in [0.1, 0.15) is 0 Å². The first kappa shape index (κ1) is 12.4. The number of ether oxygens (including phenoxy) is 1. The van der Waals surface area contributed by atoms with E-state index in [0.29, 0.717) is 6.61 Å². The smallest absolute Gasteiger partial charge is 0.310 e. The summed E-state index contributed by atoms with van der Waals surface area (Å²) < 4.78 is 5.05. The summed E-state index contributed by atoms with van der Waals surface area (Å²) in [6.45, 7) is 6.25. The standard InChI is InChI=1S/C13H20O4/c1-4-17-12(16)10-8-6-5-7(13(8,2)3)9(10)11(14)15/h7-10H,4-6H2,1-3H3,(H,14,15). The van der Waals surface area contributed by atoms with Crippen molar-refractivity contribution in [2.45, 2.75) is 33.6 Å². The van der Waals surface area contributed by atoms with E-state index in [-0.39, 0.29) is 23.2 Å². The summed E-state index contributed by atoms with van der Waals surface area (Å²) in [5.74, 6) is -1.89. The quantitative estimate of drug-likeness (QED) is 0.766. The van der Waals surface area contributed by atoms with E-state index in [1.807, 2.05) is 0 Å². The molecule has 2 rings (SSSR count). The Balaban J connectivity index is 2.31. The van der Waals surface area contributed by atoms with Crippen LogP contribution in [-0.2, 0) is 14.3 Å². The normalized spacial score (nSPS) is 38.1. The molecule has 0 aromatic rings. The van der Waals surface area contributed by atoms with Gasteiger partial charge < -0.3 is 9.84 Å². The number of esters is 1. The Kier molecular flexibility index (Phi) is 2.92. The Hall–Kier alpha value is -1.06. The van der Waals surface area contributed by atoms with Crippen LogP contribution in [0.2, 0.25) is 0 Å². The monoisotopic (exact) mass is 240 g/mol. The van der Waals surface area contributed by atoms with Gasteiger partial charge in [0.2, 0.25) is 0 Å². The minimum absolute atomic E-state index is 0.0551. The lowest BCUT2D eigenvalue weighted by Crippen LogP contribution is -2.35. The van der Waals surface area contributed by atoms with Crippen molar-refractivity contribution >= 4 is 11.9 Å². The highest BCUT2D eigenvalue weighted by atomic mass is 16.5. The van der Waals surface area contributed by atoms with Gasteiger partial charge in [-0.25, -0.2) is 0 Å². The van der Waals surface area contributed by atoms with Crippen LogP contribution in [-0.4, -0.2) is 23.7 Å². The van der Waals surface area contributed by atoms with E-state index < -0.39 is 17.8 Å². The number of carbonyl (C=O) groups is 2. The highest BCUT2D eigenvalue weighted by Crippen LogP contribution is 2.63. The molecule has 96 valence electrons. The van der Waals surface area contributed by atoms with Crippen molar-refractivity contribution in [3.05, 3.63) is 0 Å². The maximum Gasteiger partial charge on any atom is 0.310 e. The summed E-state index contributed by atoms with van der Waals surface area (Å²) in [6, 6.07) is 0. The molecule has 1 N–H and O–H groups in total. The van der Waals surface area contributed by atoms with Crippen molar-refractivity contribution in [3.8, 4) is 0 Å². The van der Waals surface area contributed by atoms with Gasteiger partial charge in [-0.3, -0.25) is 9.59 Å². The molecule has 2 bridgehead atoms. The Morgan fingerprint density at radius 2 is 1.76 bits per heavy atom. The maximum absolute atomic E-state index is 12.0. The molecule has 2 saturated carbocycles. The van der Waals surface area contributed by atoms with Crippen molar-refractivity contribution in [3.63, 3.8) is 0 Å². The zero-order chi connectivity index (χ0) is 12.8. The Morgan fingerprint density at radius 1 is 1.24 bits per heavy atom. The maximum atomic E-state index is 12.0. The number of rotatable bonds is 3. The van der Waals surface area contributed by atoms with Crippen LogP contribution in [0.1, 0.15) is 33.6 Å². The summed E-state index contributed by atoms with van der Waals surface area (Å²) in [5, 5.41) is 9.35.